The Labute approximate surface area is 90.2 Å². The van der Waals surface area contributed by atoms with E-state index < -0.39 is 21.2 Å². The first-order valence-corrected chi connectivity index (χ1v) is 4.70. The first-order chi connectivity index (χ1) is 6.02. The fourth-order valence-electron chi connectivity index (χ4n) is 0.246. The van der Waals surface area contributed by atoms with Crippen LogP contribution in [-0.2, 0) is 10.1 Å². The van der Waals surface area contributed by atoms with E-state index in [0.29, 0.717) is 0 Å². The molecule has 0 radical (unpaired) electrons. The van der Waals surface area contributed by atoms with Crippen molar-refractivity contribution in [2.24, 2.45) is 5.73 Å². The minimum absolute atomic E-state index is 0. The molecular formula is C5H8ClF3N2O3S. The van der Waals surface area contributed by atoms with E-state index in [1.54, 1.807) is 0 Å². The van der Waals surface area contributed by atoms with E-state index in [4.69, 9.17) is 24.0 Å². The van der Waals surface area contributed by atoms with Crippen LogP contribution in [0, 0.1) is 11.3 Å². The van der Waals surface area contributed by atoms with Gasteiger partial charge in [-0.1, -0.05) is 0 Å². The zero-order valence-corrected chi connectivity index (χ0v) is 8.79. The van der Waals surface area contributed by atoms with Crippen LogP contribution >= 0.6 is 12.4 Å². The van der Waals surface area contributed by atoms with Gasteiger partial charge in [0.1, 0.15) is 5.54 Å². The van der Waals surface area contributed by atoms with Gasteiger partial charge in [-0.15, -0.1) is 12.4 Å². The van der Waals surface area contributed by atoms with Crippen molar-refractivity contribution in [3.8, 4) is 6.07 Å². The topological polar surface area (TPSA) is 104 Å². The largest absolute Gasteiger partial charge is 0.522 e. The van der Waals surface area contributed by atoms with Crippen molar-refractivity contribution in [1.82, 2.24) is 0 Å². The molecule has 0 spiro atoms. The molecule has 1 aliphatic rings. The zero-order valence-electron chi connectivity index (χ0n) is 7.15. The smallest absolute Gasteiger partial charge is 0.313 e. The molecule has 1 saturated carbocycles. The highest BCUT2D eigenvalue weighted by Crippen LogP contribution is 2.30. The second kappa shape index (κ2) is 4.98. The van der Waals surface area contributed by atoms with E-state index in [2.05, 4.69) is 0 Å². The number of hydrogen-bond donors (Lipinski definition) is 2. The summed E-state index contributed by atoms with van der Waals surface area (Å²) in [5.74, 6) is 0. The third kappa shape index (κ3) is 6.51. The molecule has 1 rings (SSSR count). The van der Waals surface area contributed by atoms with Crippen LogP contribution in [0.5, 0.6) is 0 Å². The van der Waals surface area contributed by atoms with Gasteiger partial charge in [-0.25, -0.2) is 0 Å². The molecule has 0 aliphatic heterocycles. The minimum Gasteiger partial charge on any atom is -0.313 e. The molecule has 0 aromatic heterocycles. The summed E-state index contributed by atoms with van der Waals surface area (Å²) in [5.41, 5.74) is -0.653. The van der Waals surface area contributed by atoms with E-state index >= 15 is 0 Å². The van der Waals surface area contributed by atoms with Gasteiger partial charge in [0.05, 0.1) is 6.07 Å². The van der Waals surface area contributed by atoms with Gasteiger partial charge in [-0.3, -0.25) is 4.55 Å². The van der Waals surface area contributed by atoms with Crippen LogP contribution in [0.3, 0.4) is 0 Å². The van der Waals surface area contributed by atoms with Crippen LogP contribution in [0.15, 0.2) is 0 Å². The molecule has 0 aromatic carbocycles. The number of alkyl halides is 3. The molecule has 15 heavy (non-hydrogen) atoms. The van der Waals surface area contributed by atoms with Gasteiger partial charge in [0.25, 0.3) is 0 Å². The summed E-state index contributed by atoms with van der Waals surface area (Å²) in [6.07, 6.45) is 1.78. The maximum atomic E-state index is 10.7. The SMILES string of the molecule is Cl.N#CC1(N)CC1.O=S(=O)(O)C(F)(F)F. The Morgan fingerprint density at radius 2 is 1.67 bits per heavy atom. The van der Waals surface area contributed by atoms with Gasteiger partial charge in [0.15, 0.2) is 0 Å². The summed E-state index contributed by atoms with van der Waals surface area (Å²) in [6, 6.07) is 1.99. The number of nitrogens with two attached hydrogens (primary N) is 1. The standard InChI is InChI=1S/C4H6N2.CHF3O3S.ClH/c5-3-4(6)1-2-4;2-1(3,4)8(5,6)7;/h1-2,6H2;(H,5,6,7);1H. The lowest BCUT2D eigenvalue weighted by atomic mass is 10.4. The predicted molar refractivity (Wildman–Crippen MR) is 46.6 cm³/mol. The molecule has 1 aliphatic carbocycles. The molecule has 0 aromatic rings. The Balaban J connectivity index is 0. The fourth-order valence-corrected chi connectivity index (χ4v) is 0.246. The van der Waals surface area contributed by atoms with Crippen molar-refractivity contribution in [1.29, 1.82) is 5.26 Å². The number of rotatable bonds is 0. The first kappa shape index (κ1) is 16.9. The molecule has 0 unspecified atom stereocenters. The molecule has 0 heterocycles. The normalized spacial score (nSPS) is 17.6. The summed E-state index contributed by atoms with van der Waals surface area (Å²) in [4.78, 5) is 0. The van der Waals surface area contributed by atoms with Crippen LogP contribution in [-0.4, -0.2) is 24.0 Å². The van der Waals surface area contributed by atoms with Crippen molar-refractivity contribution in [3.05, 3.63) is 0 Å². The molecule has 0 amide bonds. The summed E-state index contributed by atoms with van der Waals surface area (Å²) < 4.78 is 57.5. The van der Waals surface area contributed by atoms with E-state index in [9.17, 15) is 13.2 Å². The Morgan fingerprint density at radius 1 is 1.40 bits per heavy atom. The van der Waals surface area contributed by atoms with Crippen LogP contribution in [0.25, 0.3) is 0 Å². The van der Waals surface area contributed by atoms with Gasteiger partial charge >= 0.3 is 15.6 Å². The van der Waals surface area contributed by atoms with Crippen LogP contribution < -0.4 is 5.73 Å². The Bertz CT molecular complexity index is 344. The maximum absolute atomic E-state index is 10.7. The molecule has 90 valence electrons. The third-order valence-electron chi connectivity index (χ3n) is 1.30. The van der Waals surface area contributed by atoms with Crippen LogP contribution in [0.1, 0.15) is 12.8 Å². The summed E-state index contributed by atoms with van der Waals surface area (Å²) in [7, 11) is -5.84. The van der Waals surface area contributed by atoms with Crippen LogP contribution in [0.4, 0.5) is 13.2 Å². The van der Waals surface area contributed by atoms with Gasteiger partial charge in [0, 0.05) is 0 Å². The summed E-state index contributed by atoms with van der Waals surface area (Å²) in [5, 5.41) is 8.09. The van der Waals surface area contributed by atoms with E-state index in [0.717, 1.165) is 12.8 Å². The maximum Gasteiger partial charge on any atom is 0.522 e. The third-order valence-corrected chi connectivity index (χ3v) is 1.89. The molecule has 0 atom stereocenters. The fraction of sp³-hybridized carbons (Fsp3) is 0.800. The second-order valence-corrected chi connectivity index (χ2v) is 4.10. The van der Waals surface area contributed by atoms with Crippen molar-refractivity contribution < 1.29 is 26.1 Å². The molecule has 3 N–H and O–H groups in total. The molecule has 0 saturated heterocycles. The van der Waals surface area contributed by atoms with Gasteiger partial charge < -0.3 is 5.73 Å². The Kier molecular flexibility index (Phi) is 5.59. The Morgan fingerprint density at radius 3 is 1.67 bits per heavy atom. The first-order valence-electron chi connectivity index (χ1n) is 3.26. The van der Waals surface area contributed by atoms with Gasteiger partial charge in [-0.05, 0) is 12.8 Å². The average Bonchev–Trinajstić information content (AvgIpc) is 2.66. The number of halogens is 4. The number of hydrogen-bond acceptors (Lipinski definition) is 4. The molecule has 5 nitrogen and oxygen atoms in total. The lowest BCUT2D eigenvalue weighted by molar-refractivity contribution is -0.0510. The van der Waals surface area contributed by atoms with Crippen molar-refractivity contribution >= 4 is 22.5 Å². The molecule has 1 fully saturated rings. The lowest BCUT2D eigenvalue weighted by Gasteiger charge is -1.97. The molecule has 0 bridgehead atoms. The predicted octanol–water partition coefficient (Wildman–Crippen LogP) is 0.817. The van der Waals surface area contributed by atoms with E-state index in [1.165, 1.54) is 0 Å². The van der Waals surface area contributed by atoms with Gasteiger partial charge in [-0.2, -0.15) is 26.9 Å². The van der Waals surface area contributed by atoms with Crippen molar-refractivity contribution in [2.75, 3.05) is 0 Å². The van der Waals surface area contributed by atoms with E-state index in [1.807, 2.05) is 6.07 Å². The number of nitrogens with zero attached hydrogens (tertiary/aromatic N) is 1. The van der Waals surface area contributed by atoms with Crippen LogP contribution in [0.2, 0.25) is 0 Å². The second-order valence-electron chi connectivity index (χ2n) is 2.69. The average molecular weight is 269 g/mol. The highest BCUT2D eigenvalue weighted by atomic mass is 35.5. The van der Waals surface area contributed by atoms with Crippen molar-refractivity contribution in [2.45, 2.75) is 23.9 Å². The highest BCUT2D eigenvalue weighted by molar-refractivity contribution is 7.86. The monoisotopic (exact) mass is 268 g/mol. The lowest BCUT2D eigenvalue weighted by Crippen LogP contribution is -2.21. The quantitative estimate of drug-likeness (QED) is 0.500. The highest BCUT2D eigenvalue weighted by Gasteiger charge is 2.44. The summed E-state index contributed by atoms with van der Waals surface area (Å²) >= 11 is 0. The minimum atomic E-state index is -5.84. The van der Waals surface area contributed by atoms with Crippen molar-refractivity contribution in [3.63, 3.8) is 0 Å². The number of nitriles is 1. The van der Waals surface area contributed by atoms with Gasteiger partial charge in [0.2, 0.25) is 0 Å². The molecule has 10 heteroatoms. The Hall–Kier alpha value is -0.560. The summed E-state index contributed by atoms with van der Waals surface area (Å²) in [6.45, 7) is 0. The zero-order chi connectivity index (χ0) is 11.6. The van der Waals surface area contributed by atoms with E-state index in [-0.39, 0.29) is 12.4 Å². The molecular weight excluding hydrogens is 261 g/mol.